The smallest absolute Gasteiger partial charge is 0.251 e. The van der Waals surface area contributed by atoms with Crippen LogP contribution < -0.4 is 11.1 Å². The van der Waals surface area contributed by atoms with Crippen LogP contribution in [-0.2, 0) is 4.79 Å². The topological polar surface area (TPSA) is 72.2 Å². The van der Waals surface area contributed by atoms with E-state index in [2.05, 4.69) is 21.2 Å². The molecular formula is C12H15BrN2O2. The highest BCUT2D eigenvalue weighted by Gasteiger charge is 2.22. The van der Waals surface area contributed by atoms with Gasteiger partial charge in [-0.2, -0.15) is 0 Å². The number of carbonyl (C=O) groups excluding carboxylic acids is 2. The van der Waals surface area contributed by atoms with E-state index in [1.807, 2.05) is 19.9 Å². The van der Waals surface area contributed by atoms with Gasteiger partial charge < -0.3 is 11.1 Å². The molecule has 0 aliphatic carbocycles. The molecule has 1 rings (SSSR count). The van der Waals surface area contributed by atoms with Gasteiger partial charge in [-0.05, 0) is 24.1 Å². The van der Waals surface area contributed by atoms with Crippen molar-refractivity contribution in [1.82, 2.24) is 5.32 Å². The Morgan fingerprint density at radius 2 is 2.00 bits per heavy atom. The normalized spacial score (nSPS) is 12.2. The van der Waals surface area contributed by atoms with Crippen molar-refractivity contribution in [3.63, 3.8) is 0 Å². The van der Waals surface area contributed by atoms with E-state index in [9.17, 15) is 9.59 Å². The highest BCUT2D eigenvalue weighted by atomic mass is 79.9. The Labute approximate surface area is 109 Å². The van der Waals surface area contributed by atoms with Gasteiger partial charge in [-0.3, -0.25) is 9.59 Å². The van der Waals surface area contributed by atoms with Crippen molar-refractivity contribution in [1.29, 1.82) is 0 Å². The Morgan fingerprint density at radius 1 is 1.35 bits per heavy atom. The zero-order valence-corrected chi connectivity index (χ0v) is 11.3. The van der Waals surface area contributed by atoms with Crippen LogP contribution in [0.25, 0.3) is 0 Å². The lowest BCUT2D eigenvalue weighted by Gasteiger charge is -2.18. The summed E-state index contributed by atoms with van der Waals surface area (Å²) >= 11 is 3.28. The van der Waals surface area contributed by atoms with E-state index in [4.69, 9.17) is 5.73 Å². The number of primary amides is 1. The van der Waals surface area contributed by atoms with Gasteiger partial charge in [0.25, 0.3) is 5.91 Å². The lowest BCUT2D eigenvalue weighted by molar-refractivity contribution is -0.120. The maximum absolute atomic E-state index is 11.9. The second-order valence-corrected chi connectivity index (χ2v) is 5.02. The first-order valence-corrected chi connectivity index (χ1v) is 6.07. The van der Waals surface area contributed by atoms with Crippen LogP contribution in [0.1, 0.15) is 24.2 Å². The molecule has 5 heteroatoms. The van der Waals surface area contributed by atoms with Gasteiger partial charge in [0.05, 0.1) is 0 Å². The standard InChI is InChI=1S/C12H15BrN2O2/c1-7(2)10(11(14)16)15-12(17)8-4-3-5-9(13)6-8/h3-7,10H,1-2H3,(H2,14,16)(H,15,17)/t10-/m0/s1. The molecule has 0 fully saturated rings. The average Bonchev–Trinajstić information content (AvgIpc) is 2.24. The molecule has 17 heavy (non-hydrogen) atoms. The first-order chi connectivity index (χ1) is 7.91. The van der Waals surface area contributed by atoms with Gasteiger partial charge in [-0.15, -0.1) is 0 Å². The van der Waals surface area contributed by atoms with Crippen molar-refractivity contribution >= 4 is 27.7 Å². The fourth-order valence-electron chi connectivity index (χ4n) is 1.42. The number of halogens is 1. The van der Waals surface area contributed by atoms with Crippen molar-refractivity contribution < 1.29 is 9.59 Å². The van der Waals surface area contributed by atoms with Crippen LogP contribution >= 0.6 is 15.9 Å². The van der Waals surface area contributed by atoms with Gasteiger partial charge in [-0.1, -0.05) is 35.8 Å². The van der Waals surface area contributed by atoms with Gasteiger partial charge in [0.2, 0.25) is 5.91 Å². The number of amides is 2. The second kappa shape index (κ2) is 5.82. The first-order valence-electron chi connectivity index (χ1n) is 5.27. The van der Waals surface area contributed by atoms with E-state index in [1.165, 1.54) is 0 Å². The van der Waals surface area contributed by atoms with Gasteiger partial charge in [-0.25, -0.2) is 0 Å². The maximum atomic E-state index is 11.9. The van der Waals surface area contributed by atoms with E-state index in [-0.39, 0.29) is 11.8 Å². The van der Waals surface area contributed by atoms with Crippen LogP contribution in [0.2, 0.25) is 0 Å². The predicted octanol–water partition coefficient (Wildman–Crippen LogP) is 1.69. The van der Waals surface area contributed by atoms with E-state index < -0.39 is 11.9 Å². The fraction of sp³-hybridized carbons (Fsp3) is 0.333. The molecule has 0 bridgehead atoms. The predicted molar refractivity (Wildman–Crippen MR) is 69.4 cm³/mol. The second-order valence-electron chi connectivity index (χ2n) is 4.11. The minimum absolute atomic E-state index is 0.0383. The molecule has 0 aliphatic heterocycles. The molecule has 0 radical (unpaired) electrons. The van der Waals surface area contributed by atoms with Gasteiger partial charge in [0.1, 0.15) is 6.04 Å². The SMILES string of the molecule is CC(C)[C@H](NC(=O)c1cccc(Br)c1)C(N)=O. The number of hydrogen-bond acceptors (Lipinski definition) is 2. The molecule has 4 nitrogen and oxygen atoms in total. The van der Waals surface area contributed by atoms with Crippen molar-refractivity contribution in [2.75, 3.05) is 0 Å². The highest BCUT2D eigenvalue weighted by Crippen LogP contribution is 2.12. The monoisotopic (exact) mass is 298 g/mol. The van der Waals surface area contributed by atoms with Crippen molar-refractivity contribution in [2.45, 2.75) is 19.9 Å². The molecule has 0 saturated heterocycles. The van der Waals surface area contributed by atoms with Crippen molar-refractivity contribution in [3.05, 3.63) is 34.3 Å². The summed E-state index contributed by atoms with van der Waals surface area (Å²) in [6.45, 7) is 3.66. The molecule has 0 aromatic heterocycles. The molecule has 0 aliphatic rings. The number of benzene rings is 1. The van der Waals surface area contributed by atoms with E-state index in [0.29, 0.717) is 5.56 Å². The molecule has 0 heterocycles. The van der Waals surface area contributed by atoms with Crippen LogP contribution in [0.15, 0.2) is 28.7 Å². The minimum atomic E-state index is -0.651. The van der Waals surface area contributed by atoms with Crippen LogP contribution in [0, 0.1) is 5.92 Å². The first kappa shape index (κ1) is 13.7. The van der Waals surface area contributed by atoms with Gasteiger partial charge in [0, 0.05) is 10.0 Å². The summed E-state index contributed by atoms with van der Waals surface area (Å²) in [5.74, 6) is -0.865. The van der Waals surface area contributed by atoms with E-state index in [1.54, 1.807) is 18.2 Å². The Kier molecular flexibility index (Phi) is 4.69. The molecule has 1 atom stereocenters. The fourth-order valence-corrected chi connectivity index (χ4v) is 1.82. The molecule has 1 aromatic carbocycles. The number of rotatable bonds is 4. The van der Waals surface area contributed by atoms with E-state index in [0.717, 1.165) is 4.47 Å². The zero-order valence-electron chi connectivity index (χ0n) is 9.74. The summed E-state index contributed by atoms with van der Waals surface area (Å²) in [5.41, 5.74) is 5.72. The molecule has 2 amide bonds. The zero-order chi connectivity index (χ0) is 13.0. The summed E-state index contributed by atoms with van der Waals surface area (Å²) in [5, 5.41) is 2.63. The van der Waals surface area contributed by atoms with Gasteiger partial charge in [0.15, 0.2) is 0 Å². The number of nitrogens with one attached hydrogen (secondary N) is 1. The molecule has 0 unspecified atom stereocenters. The molecule has 1 aromatic rings. The average molecular weight is 299 g/mol. The van der Waals surface area contributed by atoms with Crippen molar-refractivity contribution in [2.24, 2.45) is 11.7 Å². The lowest BCUT2D eigenvalue weighted by Crippen LogP contribution is -2.47. The summed E-state index contributed by atoms with van der Waals surface area (Å²) < 4.78 is 0.810. The van der Waals surface area contributed by atoms with E-state index >= 15 is 0 Å². The molecular weight excluding hydrogens is 284 g/mol. The van der Waals surface area contributed by atoms with Crippen LogP contribution in [-0.4, -0.2) is 17.9 Å². The summed E-state index contributed by atoms with van der Waals surface area (Å²) in [7, 11) is 0. The number of hydrogen-bond donors (Lipinski definition) is 2. The number of carbonyl (C=O) groups is 2. The summed E-state index contributed by atoms with van der Waals surface area (Å²) in [6, 6.07) is 6.30. The quantitative estimate of drug-likeness (QED) is 0.888. The highest BCUT2D eigenvalue weighted by molar-refractivity contribution is 9.10. The summed E-state index contributed by atoms with van der Waals surface area (Å²) in [4.78, 5) is 23.0. The minimum Gasteiger partial charge on any atom is -0.368 e. The third-order valence-electron chi connectivity index (χ3n) is 2.35. The van der Waals surface area contributed by atoms with Crippen molar-refractivity contribution in [3.8, 4) is 0 Å². The Morgan fingerprint density at radius 3 is 2.47 bits per heavy atom. The molecule has 0 saturated carbocycles. The maximum Gasteiger partial charge on any atom is 0.251 e. The Hall–Kier alpha value is -1.36. The lowest BCUT2D eigenvalue weighted by atomic mass is 10.0. The van der Waals surface area contributed by atoms with Crippen LogP contribution in [0.3, 0.4) is 0 Å². The number of nitrogens with two attached hydrogens (primary N) is 1. The van der Waals surface area contributed by atoms with Gasteiger partial charge >= 0.3 is 0 Å². The Balaban J connectivity index is 2.81. The van der Waals surface area contributed by atoms with Crippen LogP contribution in [0.5, 0.6) is 0 Å². The summed E-state index contributed by atoms with van der Waals surface area (Å²) in [6.07, 6.45) is 0. The Bertz CT molecular complexity index is 432. The third-order valence-corrected chi connectivity index (χ3v) is 2.84. The third kappa shape index (κ3) is 3.85. The van der Waals surface area contributed by atoms with Crippen LogP contribution in [0.4, 0.5) is 0 Å². The molecule has 92 valence electrons. The largest absolute Gasteiger partial charge is 0.368 e. The molecule has 0 spiro atoms. The molecule has 3 N–H and O–H groups in total.